The summed E-state index contributed by atoms with van der Waals surface area (Å²) in [6.45, 7) is 2.12. The van der Waals surface area contributed by atoms with Gasteiger partial charge in [0.2, 0.25) is 5.13 Å². The van der Waals surface area contributed by atoms with Crippen molar-refractivity contribution in [1.29, 1.82) is 0 Å². The Bertz CT molecular complexity index is 1160. The summed E-state index contributed by atoms with van der Waals surface area (Å²) in [7, 11) is 1.68. The fourth-order valence-electron chi connectivity index (χ4n) is 3.59. The van der Waals surface area contributed by atoms with Gasteiger partial charge in [0, 0.05) is 17.4 Å². The third kappa shape index (κ3) is 3.64. The van der Waals surface area contributed by atoms with Gasteiger partial charge in [-0.25, -0.2) is 9.99 Å². The number of aryl methyl sites for hydroxylation is 1. The molecule has 1 atom stereocenters. The van der Waals surface area contributed by atoms with Gasteiger partial charge in [-0.3, -0.25) is 0 Å². The number of rotatable bonds is 5. The lowest BCUT2D eigenvalue weighted by atomic mass is 10.0. The molecule has 0 amide bonds. The molecule has 5 rings (SSSR count). The molecule has 0 fully saturated rings. The molecule has 0 bridgehead atoms. The summed E-state index contributed by atoms with van der Waals surface area (Å²) in [6, 6.07) is 21.1. The van der Waals surface area contributed by atoms with Crippen molar-refractivity contribution < 1.29 is 4.74 Å². The molecule has 2 aromatic heterocycles. The molecule has 2 aromatic carbocycles. The second-order valence-corrected chi connectivity index (χ2v) is 9.03. The van der Waals surface area contributed by atoms with Crippen LogP contribution in [0.15, 0.2) is 76.5 Å². The molecule has 4 nitrogen and oxygen atoms in total. The number of hydrogen-bond acceptors (Lipinski definition) is 6. The zero-order valence-corrected chi connectivity index (χ0v) is 18.4. The van der Waals surface area contributed by atoms with Crippen LogP contribution in [-0.2, 0) is 0 Å². The summed E-state index contributed by atoms with van der Waals surface area (Å²) < 4.78 is 5.27. The highest BCUT2D eigenvalue weighted by molar-refractivity contribution is 7.14. The fourth-order valence-corrected chi connectivity index (χ4v) is 5.14. The number of nitrogens with zero attached hydrogens (tertiary/aromatic N) is 3. The average Bonchev–Trinajstić information content (AvgIpc) is 3.54. The van der Waals surface area contributed by atoms with E-state index < -0.39 is 0 Å². The summed E-state index contributed by atoms with van der Waals surface area (Å²) >= 11 is 3.37. The Labute approximate surface area is 184 Å². The van der Waals surface area contributed by atoms with Gasteiger partial charge in [-0.05, 0) is 48.2 Å². The number of thiophene rings is 1. The van der Waals surface area contributed by atoms with Crippen LogP contribution in [0.5, 0.6) is 5.75 Å². The quantitative estimate of drug-likeness (QED) is 0.360. The maximum atomic E-state index is 5.27. The van der Waals surface area contributed by atoms with Gasteiger partial charge in [-0.1, -0.05) is 35.9 Å². The molecule has 3 heterocycles. The van der Waals surface area contributed by atoms with Crippen LogP contribution in [0.25, 0.3) is 11.3 Å². The van der Waals surface area contributed by atoms with Crippen LogP contribution in [0.1, 0.15) is 28.5 Å². The van der Waals surface area contributed by atoms with Gasteiger partial charge in [0.25, 0.3) is 0 Å². The van der Waals surface area contributed by atoms with Gasteiger partial charge in [-0.15, -0.1) is 22.7 Å². The maximum Gasteiger partial charge on any atom is 0.207 e. The van der Waals surface area contributed by atoms with E-state index in [-0.39, 0.29) is 6.04 Å². The number of thiazole rings is 1. The molecule has 0 saturated carbocycles. The molecule has 1 aliphatic rings. The highest BCUT2D eigenvalue weighted by Crippen LogP contribution is 2.40. The lowest BCUT2D eigenvalue weighted by Crippen LogP contribution is -2.18. The van der Waals surface area contributed by atoms with Crippen molar-refractivity contribution in [2.24, 2.45) is 5.10 Å². The maximum absolute atomic E-state index is 5.27. The summed E-state index contributed by atoms with van der Waals surface area (Å²) in [5.41, 5.74) is 5.68. The standard InChI is InChI=1S/C24H21N3OS2/c1-16-5-7-18(8-6-16)22-14-20(23-4-3-13-29-23)26-27(22)24-25-21(15-30-24)17-9-11-19(28-2)12-10-17/h3-13,15,22H,14H2,1-2H3/t22-/m0/s1. The number of aromatic nitrogens is 1. The van der Waals surface area contributed by atoms with Crippen LogP contribution >= 0.6 is 22.7 Å². The molecule has 0 N–H and O–H groups in total. The van der Waals surface area contributed by atoms with E-state index >= 15 is 0 Å². The van der Waals surface area contributed by atoms with Gasteiger partial charge in [0.1, 0.15) is 5.75 Å². The normalized spacial score (nSPS) is 16.0. The molecule has 30 heavy (non-hydrogen) atoms. The molecule has 0 saturated heterocycles. The van der Waals surface area contributed by atoms with E-state index in [0.717, 1.165) is 34.3 Å². The first-order valence-corrected chi connectivity index (χ1v) is 11.5. The van der Waals surface area contributed by atoms with Gasteiger partial charge >= 0.3 is 0 Å². The largest absolute Gasteiger partial charge is 0.497 e. The fraction of sp³-hybridized carbons (Fsp3) is 0.167. The first kappa shape index (κ1) is 19.0. The highest BCUT2D eigenvalue weighted by Gasteiger charge is 2.32. The van der Waals surface area contributed by atoms with E-state index in [2.05, 4.69) is 59.1 Å². The van der Waals surface area contributed by atoms with Crippen LogP contribution in [-0.4, -0.2) is 17.8 Å². The third-order valence-electron chi connectivity index (χ3n) is 5.25. The smallest absolute Gasteiger partial charge is 0.207 e. The predicted molar refractivity (Wildman–Crippen MR) is 126 cm³/mol. The number of ether oxygens (including phenoxy) is 1. The number of hydrazone groups is 1. The van der Waals surface area contributed by atoms with Crippen LogP contribution in [0.3, 0.4) is 0 Å². The Morgan fingerprint density at radius 3 is 2.50 bits per heavy atom. The average molecular weight is 432 g/mol. The van der Waals surface area contributed by atoms with Crippen LogP contribution in [0, 0.1) is 6.92 Å². The van der Waals surface area contributed by atoms with Gasteiger partial charge < -0.3 is 4.74 Å². The molecule has 0 aliphatic carbocycles. The molecule has 150 valence electrons. The van der Waals surface area contributed by atoms with E-state index in [1.807, 2.05) is 24.3 Å². The van der Waals surface area contributed by atoms with Crippen molar-refractivity contribution in [3.63, 3.8) is 0 Å². The van der Waals surface area contributed by atoms with Gasteiger partial charge in [0.15, 0.2) is 0 Å². The summed E-state index contributed by atoms with van der Waals surface area (Å²) in [5.74, 6) is 0.846. The molecule has 6 heteroatoms. The van der Waals surface area contributed by atoms with E-state index in [4.69, 9.17) is 14.8 Å². The minimum atomic E-state index is 0.151. The van der Waals surface area contributed by atoms with Gasteiger partial charge in [0.05, 0.1) is 29.4 Å². The number of benzene rings is 2. The first-order valence-electron chi connectivity index (χ1n) is 9.78. The van der Waals surface area contributed by atoms with Crippen LogP contribution in [0.4, 0.5) is 5.13 Å². The lowest BCUT2D eigenvalue weighted by molar-refractivity contribution is 0.415. The first-order chi connectivity index (χ1) is 14.7. The van der Waals surface area contributed by atoms with Crippen molar-refractivity contribution in [3.8, 4) is 17.0 Å². The number of anilines is 1. The highest BCUT2D eigenvalue weighted by atomic mass is 32.1. The zero-order valence-electron chi connectivity index (χ0n) is 16.8. The van der Waals surface area contributed by atoms with Gasteiger partial charge in [-0.2, -0.15) is 5.10 Å². The van der Waals surface area contributed by atoms with E-state index in [1.54, 1.807) is 29.8 Å². The zero-order chi connectivity index (χ0) is 20.5. The predicted octanol–water partition coefficient (Wildman–Crippen LogP) is 6.54. The van der Waals surface area contributed by atoms with Crippen molar-refractivity contribution >= 4 is 33.5 Å². The Hall–Kier alpha value is -2.96. The van der Waals surface area contributed by atoms with Crippen molar-refractivity contribution in [2.75, 3.05) is 12.1 Å². The van der Waals surface area contributed by atoms with E-state index in [1.165, 1.54) is 16.0 Å². The summed E-state index contributed by atoms with van der Waals surface area (Å²) in [6.07, 6.45) is 0.876. The molecule has 0 unspecified atom stereocenters. The molecule has 0 radical (unpaired) electrons. The molecular formula is C24H21N3OS2. The summed E-state index contributed by atoms with van der Waals surface area (Å²) in [5, 5.41) is 12.2. The topological polar surface area (TPSA) is 37.7 Å². The Kier molecular flexibility index (Phi) is 5.11. The molecule has 0 spiro atoms. The minimum Gasteiger partial charge on any atom is -0.497 e. The number of hydrogen-bond donors (Lipinski definition) is 0. The van der Waals surface area contributed by atoms with Crippen molar-refractivity contribution in [1.82, 2.24) is 4.98 Å². The SMILES string of the molecule is COc1ccc(-c2csc(N3N=C(c4cccs4)C[C@H]3c3ccc(C)cc3)n2)cc1. The Morgan fingerprint density at radius 2 is 1.80 bits per heavy atom. The molecule has 1 aliphatic heterocycles. The van der Waals surface area contributed by atoms with Crippen LogP contribution in [0.2, 0.25) is 0 Å². The van der Waals surface area contributed by atoms with Crippen LogP contribution < -0.4 is 9.75 Å². The number of methoxy groups -OCH3 is 1. The van der Waals surface area contributed by atoms with E-state index in [0.29, 0.717) is 0 Å². The molecule has 4 aromatic rings. The van der Waals surface area contributed by atoms with Crippen molar-refractivity contribution in [2.45, 2.75) is 19.4 Å². The second-order valence-electron chi connectivity index (χ2n) is 7.24. The Morgan fingerprint density at radius 1 is 1.00 bits per heavy atom. The second kappa shape index (κ2) is 8.05. The van der Waals surface area contributed by atoms with Crippen molar-refractivity contribution in [3.05, 3.63) is 87.4 Å². The lowest BCUT2D eigenvalue weighted by Gasteiger charge is -2.21. The summed E-state index contributed by atoms with van der Waals surface area (Å²) in [4.78, 5) is 6.15. The molecular weight excluding hydrogens is 410 g/mol. The van der Waals surface area contributed by atoms with E-state index in [9.17, 15) is 0 Å². The minimum absolute atomic E-state index is 0.151. The Balaban J connectivity index is 1.50. The third-order valence-corrected chi connectivity index (χ3v) is 7.00. The monoisotopic (exact) mass is 431 g/mol.